The lowest BCUT2D eigenvalue weighted by Crippen LogP contribution is -2.16. The van der Waals surface area contributed by atoms with Crippen LogP contribution in [0.15, 0.2) is 6.07 Å². The van der Waals surface area contributed by atoms with E-state index in [0.717, 1.165) is 24.5 Å². The van der Waals surface area contributed by atoms with Gasteiger partial charge in [0.2, 0.25) is 5.88 Å². The second kappa shape index (κ2) is 5.53. The summed E-state index contributed by atoms with van der Waals surface area (Å²) < 4.78 is 5.09. The number of aromatic nitrogens is 2. The zero-order chi connectivity index (χ0) is 11.3. The molecule has 0 aliphatic rings. The monoisotopic (exact) mass is 209 g/mol. The zero-order valence-corrected chi connectivity index (χ0v) is 9.87. The molecule has 1 aromatic heterocycles. The third-order valence-corrected chi connectivity index (χ3v) is 2.14. The molecule has 15 heavy (non-hydrogen) atoms. The molecule has 0 saturated carbocycles. The van der Waals surface area contributed by atoms with Crippen LogP contribution in [0.4, 0.5) is 5.82 Å². The lowest BCUT2D eigenvalue weighted by molar-refractivity contribution is 0.396. The van der Waals surface area contributed by atoms with Gasteiger partial charge in [0, 0.05) is 12.1 Å². The molecule has 1 unspecified atom stereocenters. The fraction of sp³-hybridized carbons (Fsp3) is 0.636. The third kappa shape index (κ3) is 3.73. The predicted octanol–water partition coefficient (Wildman–Crippen LogP) is 2.39. The Labute approximate surface area is 91.1 Å². The summed E-state index contributed by atoms with van der Waals surface area (Å²) in [6.45, 7) is 6.18. The minimum Gasteiger partial charge on any atom is -0.481 e. The Morgan fingerprint density at radius 2 is 2.20 bits per heavy atom. The molecule has 0 fully saturated rings. The molecule has 84 valence electrons. The molecule has 0 radical (unpaired) electrons. The minimum atomic E-state index is 0.425. The molecule has 0 amide bonds. The quantitative estimate of drug-likeness (QED) is 0.809. The number of methoxy groups -OCH3 is 1. The number of aryl methyl sites for hydroxylation is 1. The number of ether oxygens (including phenoxy) is 1. The van der Waals surface area contributed by atoms with Gasteiger partial charge in [0.15, 0.2) is 0 Å². The van der Waals surface area contributed by atoms with Crippen molar-refractivity contribution in [1.29, 1.82) is 0 Å². The van der Waals surface area contributed by atoms with Crippen LogP contribution in [-0.2, 0) is 0 Å². The molecule has 1 N–H and O–H groups in total. The lowest BCUT2D eigenvalue weighted by atomic mass is 10.2. The van der Waals surface area contributed by atoms with Crippen LogP contribution in [0.1, 0.15) is 32.5 Å². The maximum atomic E-state index is 5.09. The van der Waals surface area contributed by atoms with Crippen LogP contribution in [0.3, 0.4) is 0 Å². The largest absolute Gasteiger partial charge is 0.481 e. The molecule has 0 aliphatic heterocycles. The van der Waals surface area contributed by atoms with Crippen LogP contribution < -0.4 is 10.1 Å². The van der Waals surface area contributed by atoms with Crippen molar-refractivity contribution in [3.05, 3.63) is 11.9 Å². The van der Waals surface area contributed by atoms with Crippen LogP contribution in [-0.4, -0.2) is 23.1 Å². The number of nitrogens with zero attached hydrogens (tertiary/aromatic N) is 2. The van der Waals surface area contributed by atoms with Gasteiger partial charge in [-0.05, 0) is 20.3 Å². The standard InChI is InChI=1S/C11H19N3O/c1-5-6-8(2)12-10-7-11(15-4)14-9(3)13-10/h7-8H,5-6H2,1-4H3,(H,12,13,14). The van der Waals surface area contributed by atoms with Crippen molar-refractivity contribution in [3.63, 3.8) is 0 Å². The van der Waals surface area contributed by atoms with Gasteiger partial charge in [-0.15, -0.1) is 0 Å². The van der Waals surface area contributed by atoms with Gasteiger partial charge in [-0.3, -0.25) is 0 Å². The first kappa shape index (κ1) is 11.8. The molecule has 4 nitrogen and oxygen atoms in total. The molecular weight excluding hydrogens is 190 g/mol. The summed E-state index contributed by atoms with van der Waals surface area (Å²) in [6, 6.07) is 2.24. The SMILES string of the molecule is CCCC(C)Nc1cc(OC)nc(C)n1. The molecule has 0 aromatic carbocycles. The van der Waals surface area contributed by atoms with Crippen LogP contribution in [0.5, 0.6) is 5.88 Å². The van der Waals surface area contributed by atoms with Crippen LogP contribution in [0.2, 0.25) is 0 Å². The summed E-state index contributed by atoms with van der Waals surface area (Å²) in [7, 11) is 1.61. The first-order valence-electron chi connectivity index (χ1n) is 5.32. The van der Waals surface area contributed by atoms with Crippen molar-refractivity contribution in [1.82, 2.24) is 9.97 Å². The van der Waals surface area contributed by atoms with Crippen molar-refractivity contribution in [2.75, 3.05) is 12.4 Å². The second-order valence-corrected chi connectivity index (χ2v) is 3.68. The Morgan fingerprint density at radius 1 is 1.47 bits per heavy atom. The Balaban J connectivity index is 2.71. The van der Waals surface area contributed by atoms with Crippen molar-refractivity contribution in [2.45, 2.75) is 39.7 Å². The molecule has 0 aliphatic carbocycles. The average Bonchev–Trinajstić information content (AvgIpc) is 2.17. The smallest absolute Gasteiger partial charge is 0.218 e. The Hall–Kier alpha value is -1.32. The summed E-state index contributed by atoms with van der Waals surface area (Å²) in [5, 5.41) is 3.33. The molecule has 0 saturated heterocycles. The molecule has 1 aromatic rings. The van der Waals surface area contributed by atoms with E-state index in [0.29, 0.717) is 11.9 Å². The Bertz CT molecular complexity index is 315. The molecule has 4 heteroatoms. The van der Waals surface area contributed by atoms with Gasteiger partial charge in [-0.1, -0.05) is 13.3 Å². The normalized spacial score (nSPS) is 12.3. The number of hydrogen-bond donors (Lipinski definition) is 1. The third-order valence-electron chi connectivity index (χ3n) is 2.14. The molecule has 0 spiro atoms. The van der Waals surface area contributed by atoms with E-state index in [2.05, 4.69) is 29.1 Å². The Kier molecular flexibility index (Phi) is 4.34. The van der Waals surface area contributed by atoms with Crippen molar-refractivity contribution in [3.8, 4) is 5.88 Å². The van der Waals surface area contributed by atoms with E-state index in [4.69, 9.17) is 4.74 Å². The highest BCUT2D eigenvalue weighted by molar-refractivity contribution is 5.39. The highest BCUT2D eigenvalue weighted by atomic mass is 16.5. The summed E-state index contributed by atoms with van der Waals surface area (Å²) in [5.41, 5.74) is 0. The van der Waals surface area contributed by atoms with Gasteiger partial charge < -0.3 is 10.1 Å². The minimum absolute atomic E-state index is 0.425. The number of hydrogen-bond acceptors (Lipinski definition) is 4. The summed E-state index contributed by atoms with van der Waals surface area (Å²) in [4.78, 5) is 8.43. The van der Waals surface area contributed by atoms with Crippen LogP contribution >= 0.6 is 0 Å². The van der Waals surface area contributed by atoms with Gasteiger partial charge in [0.25, 0.3) is 0 Å². The van der Waals surface area contributed by atoms with E-state index >= 15 is 0 Å². The Morgan fingerprint density at radius 3 is 2.80 bits per heavy atom. The summed E-state index contributed by atoms with van der Waals surface area (Å²) in [6.07, 6.45) is 2.29. The van der Waals surface area contributed by atoms with Gasteiger partial charge in [0.05, 0.1) is 7.11 Å². The van der Waals surface area contributed by atoms with Crippen molar-refractivity contribution < 1.29 is 4.74 Å². The topological polar surface area (TPSA) is 47.0 Å². The lowest BCUT2D eigenvalue weighted by Gasteiger charge is -2.14. The molecule has 1 heterocycles. The summed E-state index contributed by atoms with van der Waals surface area (Å²) in [5.74, 6) is 2.16. The van der Waals surface area contributed by atoms with Crippen LogP contribution in [0.25, 0.3) is 0 Å². The highest BCUT2D eigenvalue weighted by Gasteiger charge is 2.04. The van der Waals surface area contributed by atoms with E-state index in [-0.39, 0.29) is 0 Å². The fourth-order valence-corrected chi connectivity index (χ4v) is 1.48. The summed E-state index contributed by atoms with van der Waals surface area (Å²) >= 11 is 0. The molecule has 1 atom stereocenters. The zero-order valence-electron chi connectivity index (χ0n) is 9.87. The maximum absolute atomic E-state index is 5.09. The molecular formula is C11H19N3O. The number of rotatable bonds is 5. The van der Waals surface area contributed by atoms with E-state index in [1.54, 1.807) is 7.11 Å². The molecule has 0 bridgehead atoms. The second-order valence-electron chi connectivity index (χ2n) is 3.68. The van der Waals surface area contributed by atoms with E-state index < -0.39 is 0 Å². The van der Waals surface area contributed by atoms with Crippen molar-refractivity contribution >= 4 is 5.82 Å². The fourth-order valence-electron chi connectivity index (χ4n) is 1.48. The maximum Gasteiger partial charge on any atom is 0.218 e. The average molecular weight is 209 g/mol. The first-order chi connectivity index (χ1) is 7.15. The van der Waals surface area contributed by atoms with E-state index in [1.807, 2.05) is 13.0 Å². The van der Waals surface area contributed by atoms with Crippen molar-refractivity contribution in [2.24, 2.45) is 0 Å². The predicted molar refractivity (Wildman–Crippen MR) is 61.3 cm³/mol. The molecule has 1 rings (SSSR count). The van der Waals surface area contributed by atoms with Gasteiger partial charge in [-0.25, -0.2) is 4.98 Å². The van der Waals surface area contributed by atoms with Gasteiger partial charge in [0.1, 0.15) is 11.6 Å². The van der Waals surface area contributed by atoms with E-state index in [9.17, 15) is 0 Å². The number of anilines is 1. The van der Waals surface area contributed by atoms with Gasteiger partial charge in [-0.2, -0.15) is 4.98 Å². The number of nitrogens with one attached hydrogen (secondary N) is 1. The first-order valence-corrected chi connectivity index (χ1v) is 5.32. The van der Waals surface area contributed by atoms with Gasteiger partial charge >= 0.3 is 0 Å². The van der Waals surface area contributed by atoms with Crippen LogP contribution in [0, 0.1) is 6.92 Å². The van der Waals surface area contributed by atoms with E-state index in [1.165, 1.54) is 0 Å². The highest BCUT2D eigenvalue weighted by Crippen LogP contribution is 2.14.